The number of hydrogen-bond donors (Lipinski definition) is 2. The van der Waals surface area contributed by atoms with Crippen molar-refractivity contribution in [3.63, 3.8) is 0 Å². The van der Waals surface area contributed by atoms with E-state index in [-0.39, 0.29) is 12.5 Å². The van der Waals surface area contributed by atoms with Crippen LogP contribution in [-0.4, -0.2) is 22.2 Å². The SMILES string of the molecule is CCn1cccc1C(=O)NCc1cc(C#CCCO)cs1. The molecule has 0 aliphatic heterocycles. The molecular weight excluding hydrogens is 284 g/mol. The van der Waals surface area contributed by atoms with Crippen LogP contribution in [0.5, 0.6) is 0 Å². The van der Waals surface area contributed by atoms with Crippen LogP contribution in [0.25, 0.3) is 0 Å². The van der Waals surface area contributed by atoms with Gasteiger partial charge in [-0.05, 0) is 25.1 Å². The molecule has 0 radical (unpaired) electrons. The second-order valence-corrected chi connectivity index (χ2v) is 5.43. The molecule has 2 heterocycles. The third kappa shape index (κ3) is 4.22. The highest BCUT2D eigenvalue weighted by molar-refractivity contribution is 7.10. The maximum Gasteiger partial charge on any atom is 0.268 e. The molecule has 5 heteroatoms. The molecule has 110 valence electrons. The Bertz CT molecular complexity index is 661. The van der Waals surface area contributed by atoms with Crippen LogP contribution < -0.4 is 5.32 Å². The fourth-order valence-electron chi connectivity index (χ4n) is 1.91. The first-order chi connectivity index (χ1) is 10.2. The summed E-state index contributed by atoms with van der Waals surface area (Å²) in [6.45, 7) is 3.37. The van der Waals surface area contributed by atoms with Crippen LogP contribution in [0.15, 0.2) is 29.8 Å². The maximum absolute atomic E-state index is 12.1. The van der Waals surface area contributed by atoms with Crippen LogP contribution in [0.4, 0.5) is 0 Å². The molecule has 2 rings (SSSR count). The van der Waals surface area contributed by atoms with Crippen molar-refractivity contribution >= 4 is 17.2 Å². The Kier molecular flexibility index (Phi) is 5.61. The summed E-state index contributed by atoms with van der Waals surface area (Å²) >= 11 is 1.57. The zero-order valence-corrected chi connectivity index (χ0v) is 12.7. The minimum atomic E-state index is -0.0665. The summed E-state index contributed by atoms with van der Waals surface area (Å²) in [4.78, 5) is 13.2. The zero-order chi connectivity index (χ0) is 15.1. The topological polar surface area (TPSA) is 54.3 Å². The minimum absolute atomic E-state index is 0.0665. The number of carbonyl (C=O) groups is 1. The number of nitrogens with one attached hydrogen (secondary N) is 1. The maximum atomic E-state index is 12.1. The van der Waals surface area contributed by atoms with Crippen molar-refractivity contribution in [1.82, 2.24) is 9.88 Å². The second kappa shape index (κ2) is 7.67. The third-order valence-electron chi connectivity index (χ3n) is 2.95. The molecule has 21 heavy (non-hydrogen) atoms. The highest BCUT2D eigenvalue weighted by Gasteiger charge is 2.09. The number of aryl methyl sites for hydroxylation is 1. The van der Waals surface area contributed by atoms with Crippen molar-refractivity contribution in [3.05, 3.63) is 45.9 Å². The predicted octanol–water partition coefficient (Wildman–Crippen LogP) is 2.23. The number of hydrogen-bond acceptors (Lipinski definition) is 3. The minimum Gasteiger partial charge on any atom is -0.395 e. The van der Waals surface area contributed by atoms with Gasteiger partial charge in [-0.25, -0.2) is 0 Å². The van der Waals surface area contributed by atoms with E-state index in [4.69, 9.17) is 5.11 Å². The Balaban J connectivity index is 1.92. The number of thiophene rings is 1. The van der Waals surface area contributed by atoms with Crippen LogP contribution >= 0.6 is 11.3 Å². The average Bonchev–Trinajstić information content (AvgIpc) is 3.14. The van der Waals surface area contributed by atoms with Gasteiger partial charge >= 0.3 is 0 Å². The Morgan fingerprint density at radius 3 is 3.14 bits per heavy atom. The quantitative estimate of drug-likeness (QED) is 0.832. The predicted molar refractivity (Wildman–Crippen MR) is 84.2 cm³/mol. The second-order valence-electron chi connectivity index (χ2n) is 4.44. The third-order valence-corrected chi connectivity index (χ3v) is 3.89. The summed E-state index contributed by atoms with van der Waals surface area (Å²) in [6, 6.07) is 5.66. The van der Waals surface area contributed by atoms with E-state index >= 15 is 0 Å². The van der Waals surface area contributed by atoms with Crippen molar-refractivity contribution in [3.8, 4) is 11.8 Å². The van der Waals surface area contributed by atoms with E-state index in [2.05, 4.69) is 17.2 Å². The molecule has 0 spiro atoms. The number of amides is 1. The molecule has 0 aliphatic rings. The molecule has 0 saturated carbocycles. The van der Waals surface area contributed by atoms with Gasteiger partial charge < -0.3 is 15.0 Å². The van der Waals surface area contributed by atoms with Gasteiger partial charge in [-0.15, -0.1) is 11.3 Å². The van der Waals surface area contributed by atoms with E-state index in [1.54, 1.807) is 11.3 Å². The zero-order valence-electron chi connectivity index (χ0n) is 11.9. The van der Waals surface area contributed by atoms with Gasteiger partial charge in [0.05, 0.1) is 13.2 Å². The molecule has 0 fully saturated rings. The standard InChI is InChI=1S/C16H18N2O2S/c1-2-18-8-5-7-15(18)16(20)17-11-14-10-13(12-21-14)6-3-4-9-19/h5,7-8,10,12,19H,2,4,9,11H2,1H3,(H,17,20). The summed E-state index contributed by atoms with van der Waals surface area (Å²) in [5.74, 6) is 5.80. The number of aromatic nitrogens is 1. The lowest BCUT2D eigenvalue weighted by Gasteiger charge is -2.06. The lowest BCUT2D eigenvalue weighted by atomic mass is 10.3. The number of aliphatic hydroxyl groups excluding tert-OH is 1. The number of aliphatic hydroxyl groups is 1. The van der Waals surface area contributed by atoms with Gasteiger partial charge in [-0.2, -0.15) is 0 Å². The fourth-order valence-corrected chi connectivity index (χ4v) is 2.67. The normalized spacial score (nSPS) is 10.0. The molecular formula is C16H18N2O2S. The Labute approximate surface area is 128 Å². The molecule has 4 nitrogen and oxygen atoms in total. The van der Waals surface area contributed by atoms with Crippen molar-refractivity contribution in [2.75, 3.05) is 6.61 Å². The summed E-state index contributed by atoms with van der Waals surface area (Å²) in [6.07, 6.45) is 2.38. The molecule has 0 aliphatic carbocycles. The van der Waals surface area contributed by atoms with Gasteiger partial charge in [0.25, 0.3) is 5.91 Å². The van der Waals surface area contributed by atoms with E-state index in [9.17, 15) is 4.79 Å². The molecule has 0 atom stereocenters. The van der Waals surface area contributed by atoms with Gasteiger partial charge in [0.2, 0.25) is 0 Å². The number of rotatable bonds is 5. The van der Waals surface area contributed by atoms with Crippen LogP contribution in [0.1, 0.15) is 34.3 Å². The number of carbonyl (C=O) groups excluding carboxylic acids is 1. The molecule has 0 aromatic carbocycles. The van der Waals surface area contributed by atoms with Gasteiger partial charge in [-0.1, -0.05) is 11.8 Å². The van der Waals surface area contributed by atoms with E-state index in [1.165, 1.54) is 0 Å². The molecule has 2 aromatic rings. The molecule has 1 amide bonds. The largest absolute Gasteiger partial charge is 0.395 e. The first-order valence-electron chi connectivity index (χ1n) is 6.85. The van der Waals surface area contributed by atoms with Gasteiger partial charge in [0.1, 0.15) is 5.69 Å². The summed E-state index contributed by atoms with van der Waals surface area (Å²) in [7, 11) is 0. The molecule has 2 aromatic heterocycles. The monoisotopic (exact) mass is 302 g/mol. The van der Waals surface area contributed by atoms with Crippen molar-refractivity contribution in [2.24, 2.45) is 0 Å². The number of nitrogens with zero attached hydrogens (tertiary/aromatic N) is 1. The van der Waals surface area contributed by atoms with Crippen molar-refractivity contribution < 1.29 is 9.90 Å². The first-order valence-corrected chi connectivity index (χ1v) is 7.73. The Morgan fingerprint density at radius 1 is 1.52 bits per heavy atom. The van der Waals surface area contributed by atoms with Gasteiger partial charge in [-0.3, -0.25) is 4.79 Å². The molecule has 0 saturated heterocycles. The highest BCUT2D eigenvalue weighted by Crippen LogP contribution is 2.14. The van der Waals surface area contributed by atoms with Crippen LogP contribution in [0.3, 0.4) is 0 Å². The summed E-state index contributed by atoms with van der Waals surface area (Å²) in [5, 5.41) is 13.6. The fraction of sp³-hybridized carbons (Fsp3) is 0.312. The van der Waals surface area contributed by atoms with E-state index in [1.807, 2.05) is 41.3 Å². The van der Waals surface area contributed by atoms with Crippen molar-refractivity contribution in [1.29, 1.82) is 0 Å². The average molecular weight is 302 g/mol. The van der Waals surface area contributed by atoms with Gasteiger partial charge in [0, 0.05) is 35.0 Å². The smallest absolute Gasteiger partial charge is 0.268 e. The summed E-state index contributed by atoms with van der Waals surface area (Å²) < 4.78 is 1.91. The van der Waals surface area contributed by atoms with Crippen LogP contribution in [0, 0.1) is 11.8 Å². The Hall–Kier alpha value is -2.03. The van der Waals surface area contributed by atoms with E-state index < -0.39 is 0 Å². The molecule has 2 N–H and O–H groups in total. The lowest BCUT2D eigenvalue weighted by molar-refractivity contribution is 0.0942. The van der Waals surface area contributed by atoms with Crippen molar-refractivity contribution in [2.45, 2.75) is 26.4 Å². The molecule has 0 unspecified atom stereocenters. The molecule has 0 bridgehead atoms. The Morgan fingerprint density at radius 2 is 2.38 bits per heavy atom. The van der Waals surface area contributed by atoms with E-state index in [0.717, 1.165) is 17.0 Å². The lowest BCUT2D eigenvalue weighted by Crippen LogP contribution is -2.24. The van der Waals surface area contributed by atoms with E-state index in [0.29, 0.717) is 18.7 Å². The van der Waals surface area contributed by atoms with Crippen LogP contribution in [0.2, 0.25) is 0 Å². The highest BCUT2D eigenvalue weighted by atomic mass is 32.1. The summed E-state index contributed by atoms with van der Waals surface area (Å²) in [5.41, 5.74) is 1.60. The van der Waals surface area contributed by atoms with Crippen LogP contribution in [-0.2, 0) is 13.1 Å². The first kappa shape index (κ1) is 15.4. The van der Waals surface area contributed by atoms with Gasteiger partial charge in [0.15, 0.2) is 0 Å².